The molecular formula is C7H5ClO3S. The van der Waals surface area contributed by atoms with Gasteiger partial charge in [-0.15, -0.1) is 0 Å². The van der Waals surface area contributed by atoms with E-state index in [-0.39, 0.29) is 4.90 Å². The number of rotatable bonds is 0. The van der Waals surface area contributed by atoms with Gasteiger partial charge in [0.05, 0.1) is 0 Å². The van der Waals surface area contributed by atoms with E-state index in [2.05, 4.69) is 4.18 Å². The molecule has 0 amide bonds. The molecule has 1 aromatic rings. The summed E-state index contributed by atoms with van der Waals surface area (Å²) in [7, 11) is -3.59. The van der Waals surface area contributed by atoms with Gasteiger partial charge < -0.3 is 0 Å². The van der Waals surface area contributed by atoms with Crippen molar-refractivity contribution in [2.45, 2.75) is 10.5 Å². The number of benzene rings is 1. The number of fused-ring (bicyclic) bond motifs is 1. The summed E-state index contributed by atoms with van der Waals surface area (Å²) in [5.74, 6) is 0. The maximum Gasteiger partial charge on any atom is 0.299 e. The van der Waals surface area contributed by atoms with Crippen LogP contribution in [0.2, 0.25) is 0 Å². The predicted molar refractivity (Wildman–Crippen MR) is 43.3 cm³/mol. The molecule has 64 valence electrons. The minimum Gasteiger partial charge on any atom is -0.242 e. The van der Waals surface area contributed by atoms with Crippen LogP contribution in [0.15, 0.2) is 29.2 Å². The molecular weight excluding hydrogens is 200 g/mol. The van der Waals surface area contributed by atoms with E-state index in [1.54, 1.807) is 18.2 Å². The molecule has 0 fully saturated rings. The third-order valence-electron chi connectivity index (χ3n) is 1.64. The number of alkyl halides is 1. The van der Waals surface area contributed by atoms with E-state index in [1.807, 2.05) is 0 Å². The Morgan fingerprint density at radius 2 is 2.00 bits per heavy atom. The van der Waals surface area contributed by atoms with Gasteiger partial charge in [0.1, 0.15) is 4.90 Å². The third kappa shape index (κ3) is 1.03. The zero-order valence-corrected chi connectivity index (χ0v) is 7.47. The molecule has 1 aliphatic rings. The van der Waals surface area contributed by atoms with Crippen LogP contribution in [0.4, 0.5) is 0 Å². The van der Waals surface area contributed by atoms with E-state index in [1.165, 1.54) is 6.07 Å². The molecule has 0 unspecified atom stereocenters. The van der Waals surface area contributed by atoms with E-state index < -0.39 is 15.7 Å². The molecule has 0 saturated heterocycles. The molecule has 0 radical (unpaired) electrons. The first kappa shape index (κ1) is 8.04. The van der Waals surface area contributed by atoms with Crippen molar-refractivity contribution >= 4 is 21.7 Å². The molecule has 1 heterocycles. The van der Waals surface area contributed by atoms with Crippen molar-refractivity contribution in [3.63, 3.8) is 0 Å². The molecule has 1 aliphatic heterocycles. The van der Waals surface area contributed by atoms with Crippen molar-refractivity contribution in [1.82, 2.24) is 0 Å². The molecule has 0 bridgehead atoms. The lowest BCUT2D eigenvalue weighted by Crippen LogP contribution is -1.96. The lowest BCUT2D eigenvalue weighted by atomic mass is 10.2. The molecule has 0 aliphatic carbocycles. The standard InChI is InChI=1S/C7H5ClO3S/c8-7-5-3-1-2-4-6(5)12(9,10)11-7/h1-4,7H/t7-/m1/s1. The molecule has 12 heavy (non-hydrogen) atoms. The first-order chi connectivity index (χ1) is 5.61. The average molecular weight is 205 g/mol. The fourth-order valence-corrected chi connectivity index (χ4v) is 2.79. The summed E-state index contributed by atoms with van der Waals surface area (Å²) < 4.78 is 26.9. The fourth-order valence-electron chi connectivity index (χ4n) is 1.11. The first-order valence-corrected chi connectivity index (χ1v) is 5.12. The van der Waals surface area contributed by atoms with Crippen molar-refractivity contribution in [3.8, 4) is 0 Å². The van der Waals surface area contributed by atoms with E-state index in [9.17, 15) is 8.42 Å². The van der Waals surface area contributed by atoms with Gasteiger partial charge in [0.2, 0.25) is 0 Å². The summed E-state index contributed by atoms with van der Waals surface area (Å²) in [4.78, 5) is 0.171. The lowest BCUT2D eigenvalue weighted by Gasteiger charge is -1.94. The van der Waals surface area contributed by atoms with Gasteiger partial charge in [-0.25, -0.2) is 4.18 Å². The minimum atomic E-state index is -3.59. The quantitative estimate of drug-likeness (QED) is 0.477. The highest BCUT2D eigenvalue weighted by Gasteiger charge is 2.33. The third-order valence-corrected chi connectivity index (χ3v) is 3.43. The average Bonchev–Trinajstić information content (AvgIpc) is 2.25. The van der Waals surface area contributed by atoms with Crippen LogP contribution in [0.25, 0.3) is 0 Å². The van der Waals surface area contributed by atoms with Crippen LogP contribution in [-0.4, -0.2) is 8.42 Å². The molecule has 0 saturated carbocycles. The molecule has 5 heteroatoms. The maximum atomic E-state index is 11.2. The zero-order valence-electron chi connectivity index (χ0n) is 5.90. The molecule has 2 rings (SSSR count). The smallest absolute Gasteiger partial charge is 0.242 e. The SMILES string of the molecule is O=S1(=O)O[C@@H](Cl)c2ccccc21. The zero-order chi connectivity index (χ0) is 8.77. The first-order valence-electron chi connectivity index (χ1n) is 3.27. The van der Waals surface area contributed by atoms with Crippen molar-refractivity contribution in [3.05, 3.63) is 29.8 Å². The van der Waals surface area contributed by atoms with Gasteiger partial charge in [-0.05, 0) is 6.07 Å². The summed E-state index contributed by atoms with van der Waals surface area (Å²) >= 11 is 5.63. The Labute approximate surface area is 75.0 Å². The second kappa shape index (κ2) is 2.45. The van der Waals surface area contributed by atoms with Crippen LogP contribution in [0.3, 0.4) is 0 Å². The van der Waals surface area contributed by atoms with Crippen LogP contribution in [0.5, 0.6) is 0 Å². The van der Waals surface area contributed by atoms with Crippen LogP contribution in [0, 0.1) is 0 Å². The Morgan fingerprint density at radius 1 is 1.33 bits per heavy atom. The lowest BCUT2D eigenvalue weighted by molar-refractivity contribution is 0.311. The van der Waals surface area contributed by atoms with Gasteiger partial charge in [0.15, 0.2) is 5.56 Å². The van der Waals surface area contributed by atoms with Crippen molar-refractivity contribution < 1.29 is 12.6 Å². The van der Waals surface area contributed by atoms with Gasteiger partial charge in [-0.2, -0.15) is 8.42 Å². The molecule has 1 aromatic carbocycles. The van der Waals surface area contributed by atoms with E-state index in [4.69, 9.17) is 11.6 Å². The molecule has 3 nitrogen and oxygen atoms in total. The highest BCUT2D eigenvalue weighted by Crippen LogP contribution is 2.38. The molecule has 1 atom stereocenters. The number of hydrogen-bond acceptors (Lipinski definition) is 3. The van der Waals surface area contributed by atoms with E-state index >= 15 is 0 Å². The Kier molecular flexibility index (Phi) is 1.64. The number of halogens is 1. The van der Waals surface area contributed by atoms with Gasteiger partial charge in [0, 0.05) is 5.56 Å². The van der Waals surface area contributed by atoms with Gasteiger partial charge in [-0.1, -0.05) is 29.8 Å². The monoisotopic (exact) mass is 204 g/mol. The second-order valence-electron chi connectivity index (χ2n) is 2.40. The van der Waals surface area contributed by atoms with Crippen molar-refractivity contribution in [2.24, 2.45) is 0 Å². The van der Waals surface area contributed by atoms with Crippen LogP contribution in [-0.2, 0) is 14.3 Å². The van der Waals surface area contributed by atoms with Crippen molar-refractivity contribution in [1.29, 1.82) is 0 Å². The highest BCUT2D eigenvalue weighted by atomic mass is 35.5. The second-order valence-corrected chi connectivity index (χ2v) is 4.34. The summed E-state index contributed by atoms with van der Waals surface area (Å²) in [5, 5.41) is 0. The van der Waals surface area contributed by atoms with Gasteiger partial charge in [0.25, 0.3) is 10.1 Å². The topological polar surface area (TPSA) is 43.4 Å². The normalized spacial score (nSPS) is 25.2. The van der Waals surface area contributed by atoms with E-state index in [0.29, 0.717) is 5.56 Å². The summed E-state index contributed by atoms with van der Waals surface area (Å²) in [6.07, 6.45) is 0. The van der Waals surface area contributed by atoms with Crippen LogP contribution in [0.1, 0.15) is 11.1 Å². The summed E-state index contributed by atoms with van der Waals surface area (Å²) in [6, 6.07) is 6.47. The molecule has 0 aromatic heterocycles. The van der Waals surface area contributed by atoms with Gasteiger partial charge in [-0.3, -0.25) is 0 Å². The molecule has 0 spiro atoms. The Hall–Kier alpha value is -0.580. The predicted octanol–water partition coefficient (Wildman–Crippen LogP) is 1.64. The number of hydrogen-bond donors (Lipinski definition) is 0. The Bertz CT molecular complexity index is 412. The van der Waals surface area contributed by atoms with Gasteiger partial charge >= 0.3 is 0 Å². The highest BCUT2D eigenvalue weighted by molar-refractivity contribution is 7.87. The maximum absolute atomic E-state index is 11.2. The Balaban J connectivity index is 2.74. The minimum absolute atomic E-state index is 0.171. The van der Waals surface area contributed by atoms with Crippen molar-refractivity contribution in [2.75, 3.05) is 0 Å². The summed E-state index contributed by atoms with van der Waals surface area (Å²) in [5.41, 5.74) is -0.356. The summed E-state index contributed by atoms with van der Waals surface area (Å²) in [6.45, 7) is 0. The van der Waals surface area contributed by atoms with Crippen LogP contribution >= 0.6 is 11.6 Å². The fraction of sp³-hybridized carbons (Fsp3) is 0.143. The molecule has 0 N–H and O–H groups in total. The Morgan fingerprint density at radius 3 is 2.67 bits per heavy atom. The van der Waals surface area contributed by atoms with Crippen LogP contribution < -0.4 is 0 Å². The van der Waals surface area contributed by atoms with E-state index in [0.717, 1.165) is 0 Å². The largest absolute Gasteiger partial charge is 0.299 e.